The number of benzene rings is 7. The van der Waals surface area contributed by atoms with Crippen molar-refractivity contribution in [1.29, 1.82) is 0 Å². The van der Waals surface area contributed by atoms with Crippen molar-refractivity contribution in [3.05, 3.63) is 169 Å². The highest BCUT2D eigenvalue weighted by atomic mass is 32.1. The van der Waals surface area contributed by atoms with E-state index < -0.39 is 0 Å². The molecule has 254 valence electrons. The number of thiophene rings is 1. The molecule has 4 saturated carbocycles. The predicted octanol–water partition coefficient (Wildman–Crippen LogP) is 14.4. The largest absolute Gasteiger partial charge is 0.135 e. The van der Waals surface area contributed by atoms with Crippen LogP contribution in [-0.4, -0.2) is 0 Å². The van der Waals surface area contributed by atoms with Gasteiger partial charge >= 0.3 is 0 Å². The van der Waals surface area contributed by atoms with Gasteiger partial charge in [-0.3, -0.25) is 0 Å². The fourth-order valence-corrected chi connectivity index (χ4v) is 13.3. The topological polar surface area (TPSA) is 0 Å². The van der Waals surface area contributed by atoms with Gasteiger partial charge in [0.15, 0.2) is 0 Å². The molecule has 0 saturated heterocycles. The van der Waals surface area contributed by atoms with E-state index in [1.54, 1.807) is 11.1 Å². The second-order valence-electron chi connectivity index (χ2n) is 16.4. The minimum atomic E-state index is 0.104. The first-order chi connectivity index (χ1) is 26.2. The molecule has 7 aromatic carbocycles. The normalized spacial score (nSPS) is 23.5. The first-order valence-electron chi connectivity index (χ1n) is 19.7. The van der Waals surface area contributed by atoms with E-state index in [4.69, 9.17) is 0 Å². The summed E-state index contributed by atoms with van der Waals surface area (Å²) in [5.41, 5.74) is 16.7. The van der Waals surface area contributed by atoms with Crippen molar-refractivity contribution in [3.8, 4) is 55.6 Å². The van der Waals surface area contributed by atoms with Crippen LogP contribution in [0.3, 0.4) is 0 Å². The molecule has 0 atom stereocenters. The zero-order valence-corrected chi connectivity index (χ0v) is 30.6. The lowest BCUT2D eigenvalue weighted by atomic mass is 9.43. The summed E-state index contributed by atoms with van der Waals surface area (Å²) in [6.45, 7) is 0. The van der Waals surface area contributed by atoms with Crippen LogP contribution in [0.4, 0.5) is 0 Å². The molecule has 0 nitrogen and oxygen atoms in total. The van der Waals surface area contributed by atoms with Gasteiger partial charge in [0, 0.05) is 31.2 Å². The first-order valence-corrected chi connectivity index (χ1v) is 20.5. The van der Waals surface area contributed by atoms with E-state index in [0.717, 1.165) is 23.7 Å². The molecule has 0 unspecified atom stereocenters. The van der Waals surface area contributed by atoms with Crippen LogP contribution in [0.15, 0.2) is 158 Å². The molecule has 0 radical (unpaired) electrons. The lowest BCUT2D eigenvalue weighted by Gasteiger charge is -2.61. The Labute approximate surface area is 315 Å². The van der Waals surface area contributed by atoms with E-state index in [-0.39, 0.29) is 5.41 Å². The van der Waals surface area contributed by atoms with E-state index >= 15 is 0 Å². The number of hydrogen-bond acceptors (Lipinski definition) is 1. The number of rotatable bonds is 4. The molecule has 5 aliphatic carbocycles. The van der Waals surface area contributed by atoms with E-state index in [9.17, 15) is 0 Å². The average molecular weight is 697 g/mol. The van der Waals surface area contributed by atoms with Crippen molar-refractivity contribution in [2.75, 3.05) is 0 Å². The molecule has 1 heterocycles. The van der Waals surface area contributed by atoms with Gasteiger partial charge < -0.3 is 0 Å². The summed E-state index contributed by atoms with van der Waals surface area (Å²) in [5.74, 6) is 3.28. The molecule has 13 rings (SSSR count). The lowest BCUT2D eigenvalue weighted by Crippen LogP contribution is -2.55. The molecule has 53 heavy (non-hydrogen) atoms. The minimum Gasteiger partial charge on any atom is -0.135 e. The highest BCUT2D eigenvalue weighted by Crippen LogP contribution is 2.70. The highest BCUT2D eigenvalue weighted by molar-refractivity contribution is 7.26. The molecule has 0 N–H and O–H groups in total. The van der Waals surface area contributed by atoms with Gasteiger partial charge in [-0.05, 0) is 141 Å². The molecule has 0 amide bonds. The molecule has 1 heteroatoms. The van der Waals surface area contributed by atoms with Gasteiger partial charge in [0.05, 0.1) is 0 Å². The van der Waals surface area contributed by atoms with Gasteiger partial charge in [0.25, 0.3) is 0 Å². The Morgan fingerprint density at radius 3 is 1.81 bits per heavy atom. The lowest BCUT2D eigenvalue weighted by molar-refractivity contribution is -0.0399. The van der Waals surface area contributed by atoms with Gasteiger partial charge in [0.2, 0.25) is 0 Å². The third-order valence-electron chi connectivity index (χ3n) is 13.9. The summed E-state index contributed by atoms with van der Waals surface area (Å²) in [7, 11) is 0. The number of hydrogen-bond donors (Lipinski definition) is 0. The Hall–Kier alpha value is -5.24. The molecule has 1 aromatic heterocycles. The van der Waals surface area contributed by atoms with Crippen LogP contribution in [0, 0.1) is 23.7 Å². The summed E-state index contributed by atoms with van der Waals surface area (Å²) in [5, 5.41) is 2.71. The molecule has 1 spiro atoms. The summed E-state index contributed by atoms with van der Waals surface area (Å²) in [4.78, 5) is 0. The van der Waals surface area contributed by atoms with Crippen LogP contribution in [0.1, 0.15) is 43.2 Å². The Morgan fingerprint density at radius 1 is 0.377 bits per heavy atom. The molecule has 4 fully saturated rings. The molecule has 5 aliphatic rings. The summed E-state index contributed by atoms with van der Waals surface area (Å²) < 4.78 is 2.74. The van der Waals surface area contributed by atoms with E-state index in [0.29, 0.717) is 0 Å². The monoisotopic (exact) mass is 696 g/mol. The Kier molecular flexibility index (Phi) is 6.49. The molecular weight excluding hydrogens is 657 g/mol. The van der Waals surface area contributed by atoms with Gasteiger partial charge in [-0.2, -0.15) is 0 Å². The molecule has 0 aliphatic heterocycles. The standard InChI is InChI=1S/C52H40S/c1-3-12-34(13-4-1)36-22-23-39(44(29-36)35-14-5-2-6-15-35)46-31-49-47(30-45(46)43-19-11-18-42-41-17-8-10-21-50(41)53-51(42)43)40-16-7-9-20-48(40)52(49)37-25-32-24-33(27-37)28-38(52)26-32/h1-23,29-33,37-38H,24-28H2. The van der Waals surface area contributed by atoms with Crippen molar-refractivity contribution in [2.24, 2.45) is 23.7 Å². The third kappa shape index (κ3) is 4.29. The third-order valence-corrected chi connectivity index (χ3v) is 15.1. The second-order valence-corrected chi connectivity index (χ2v) is 17.5. The van der Waals surface area contributed by atoms with Crippen LogP contribution in [0.5, 0.6) is 0 Å². The smallest absolute Gasteiger partial charge is 0.0434 e. The van der Waals surface area contributed by atoms with Crippen molar-refractivity contribution < 1.29 is 0 Å². The van der Waals surface area contributed by atoms with Crippen LogP contribution in [0.25, 0.3) is 75.8 Å². The maximum absolute atomic E-state index is 2.73. The van der Waals surface area contributed by atoms with Crippen molar-refractivity contribution >= 4 is 31.5 Å². The van der Waals surface area contributed by atoms with Crippen molar-refractivity contribution in [3.63, 3.8) is 0 Å². The van der Waals surface area contributed by atoms with Gasteiger partial charge in [-0.1, -0.05) is 133 Å². The molecular formula is C52H40S. The van der Waals surface area contributed by atoms with Gasteiger partial charge in [-0.25, -0.2) is 0 Å². The zero-order chi connectivity index (χ0) is 34.7. The van der Waals surface area contributed by atoms with Crippen molar-refractivity contribution in [1.82, 2.24) is 0 Å². The van der Waals surface area contributed by atoms with Crippen LogP contribution in [0.2, 0.25) is 0 Å². The number of fused-ring (bicyclic) bond motifs is 6. The van der Waals surface area contributed by atoms with Crippen molar-refractivity contribution in [2.45, 2.75) is 37.5 Å². The minimum absolute atomic E-state index is 0.104. The highest BCUT2D eigenvalue weighted by Gasteiger charge is 2.61. The fourth-order valence-electron chi connectivity index (χ4n) is 12.0. The Bertz CT molecular complexity index is 2700. The Morgan fingerprint density at radius 2 is 1.02 bits per heavy atom. The molecule has 4 bridgehead atoms. The van der Waals surface area contributed by atoms with E-state index in [1.807, 2.05) is 11.3 Å². The summed E-state index contributed by atoms with van der Waals surface area (Å²) >= 11 is 1.95. The van der Waals surface area contributed by atoms with E-state index in [2.05, 4.69) is 158 Å². The maximum atomic E-state index is 2.73. The van der Waals surface area contributed by atoms with Crippen LogP contribution in [-0.2, 0) is 5.41 Å². The maximum Gasteiger partial charge on any atom is 0.0434 e. The van der Waals surface area contributed by atoms with E-state index in [1.165, 1.54) is 108 Å². The van der Waals surface area contributed by atoms with Crippen LogP contribution < -0.4 is 0 Å². The Balaban J connectivity index is 1.19. The fraction of sp³-hybridized carbons (Fsp3) is 0.192. The predicted molar refractivity (Wildman–Crippen MR) is 224 cm³/mol. The first kappa shape index (κ1) is 30.2. The second kappa shape index (κ2) is 11.4. The zero-order valence-electron chi connectivity index (χ0n) is 29.8. The SMILES string of the molecule is c1ccc(-c2ccc(-c3cc4c(cc3-c3cccc5c3sc3ccccc35)-c3ccccc3C43C4CC5CC(C4)CC3C5)c(-c3ccccc3)c2)cc1. The molecule has 8 aromatic rings. The van der Waals surface area contributed by atoms with Crippen LogP contribution >= 0.6 is 11.3 Å². The van der Waals surface area contributed by atoms with Gasteiger partial charge in [0.1, 0.15) is 0 Å². The summed E-state index contributed by atoms with van der Waals surface area (Å²) in [6, 6.07) is 60.1. The van der Waals surface area contributed by atoms with Gasteiger partial charge in [-0.15, -0.1) is 11.3 Å². The quantitative estimate of drug-likeness (QED) is 0.172. The summed E-state index contributed by atoms with van der Waals surface area (Å²) in [6.07, 6.45) is 7.02. The average Bonchev–Trinajstić information content (AvgIpc) is 3.73.